The Kier molecular flexibility index (Phi) is 5.35. The third-order valence-corrected chi connectivity index (χ3v) is 5.12. The number of benzene rings is 1. The van der Waals surface area contributed by atoms with Gasteiger partial charge in [0.1, 0.15) is 5.75 Å². The lowest BCUT2D eigenvalue weighted by atomic mass is 10.1. The number of anilines is 1. The van der Waals surface area contributed by atoms with Crippen LogP contribution in [0.1, 0.15) is 18.2 Å². The molecule has 24 heavy (non-hydrogen) atoms. The quantitative estimate of drug-likeness (QED) is 0.836. The third-order valence-electron chi connectivity index (χ3n) is 4.10. The first-order chi connectivity index (χ1) is 11.7. The van der Waals surface area contributed by atoms with Crippen molar-refractivity contribution in [3.63, 3.8) is 0 Å². The highest BCUT2D eigenvalue weighted by molar-refractivity contribution is 7.13. The van der Waals surface area contributed by atoms with Gasteiger partial charge in [-0.3, -0.25) is 4.79 Å². The Labute approximate surface area is 146 Å². The highest BCUT2D eigenvalue weighted by Crippen LogP contribution is 2.21. The first-order valence-electron chi connectivity index (χ1n) is 8.32. The average Bonchev–Trinajstić information content (AvgIpc) is 3.03. The molecule has 0 atom stereocenters. The number of carbonyl (C=O) groups excluding carboxylic acids is 1. The second-order valence-electron chi connectivity index (χ2n) is 5.89. The maximum absolute atomic E-state index is 12.5. The third kappa shape index (κ3) is 4.06. The van der Waals surface area contributed by atoms with Gasteiger partial charge in [0.25, 0.3) is 0 Å². The van der Waals surface area contributed by atoms with E-state index in [-0.39, 0.29) is 5.91 Å². The molecule has 0 aliphatic carbocycles. The summed E-state index contributed by atoms with van der Waals surface area (Å²) in [4.78, 5) is 21.2. The van der Waals surface area contributed by atoms with Crippen LogP contribution in [0.15, 0.2) is 29.6 Å². The molecule has 0 unspecified atom stereocenters. The van der Waals surface area contributed by atoms with Crippen molar-refractivity contribution in [2.75, 3.05) is 37.7 Å². The van der Waals surface area contributed by atoms with Crippen LogP contribution < -0.4 is 9.64 Å². The Morgan fingerprint density at radius 3 is 2.50 bits per heavy atom. The summed E-state index contributed by atoms with van der Waals surface area (Å²) in [6.45, 7) is 7.84. The van der Waals surface area contributed by atoms with E-state index < -0.39 is 0 Å². The zero-order chi connectivity index (χ0) is 16.9. The molecule has 2 heterocycles. The van der Waals surface area contributed by atoms with Gasteiger partial charge in [-0.1, -0.05) is 12.1 Å². The standard InChI is InChI=1S/C18H23N3O2S/c1-3-23-16-6-4-15(5-7-16)12-17(22)20-8-10-21(11-9-20)18-19-14(2)13-24-18/h4-7,13H,3,8-12H2,1-2H3. The number of aromatic nitrogens is 1. The molecule has 0 saturated carbocycles. The highest BCUT2D eigenvalue weighted by Gasteiger charge is 2.22. The van der Waals surface area contributed by atoms with Gasteiger partial charge >= 0.3 is 0 Å². The molecule has 1 aromatic carbocycles. The summed E-state index contributed by atoms with van der Waals surface area (Å²) in [6, 6.07) is 7.79. The van der Waals surface area contributed by atoms with E-state index in [1.165, 1.54) is 0 Å². The molecule has 2 aromatic rings. The molecule has 1 aromatic heterocycles. The molecule has 128 valence electrons. The van der Waals surface area contributed by atoms with Crippen molar-refractivity contribution in [2.45, 2.75) is 20.3 Å². The number of thiazole rings is 1. The Morgan fingerprint density at radius 1 is 1.21 bits per heavy atom. The van der Waals surface area contributed by atoms with Gasteiger partial charge < -0.3 is 14.5 Å². The molecule has 1 aliphatic heterocycles. The smallest absolute Gasteiger partial charge is 0.227 e. The van der Waals surface area contributed by atoms with Gasteiger partial charge in [0.05, 0.1) is 18.7 Å². The van der Waals surface area contributed by atoms with Crippen LogP contribution in [0.3, 0.4) is 0 Å². The molecule has 0 bridgehead atoms. The van der Waals surface area contributed by atoms with E-state index in [0.717, 1.165) is 48.3 Å². The van der Waals surface area contributed by atoms with Gasteiger partial charge in [-0.2, -0.15) is 0 Å². The summed E-state index contributed by atoms with van der Waals surface area (Å²) in [5.41, 5.74) is 2.09. The van der Waals surface area contributed by atoms with Gasteiger partial charge in [0.2, 0.25) is 5.91 Å². The van der Waals surface area contributed by atoms with E-state index in [1.807, 2.05) is 43.0 Å². The van der Waals surface area contributed by atoms with Crippen LogP contribution in [-0.4, -0.2) is 48.6 Å². The van der Waals surface area contributed by atoms with Crippen molar-refractivity contribution in [1.82, 2.24) is 9.88 Å². The molecule has 1 fully saturated rings. The van der Waals surface area contributed by atoms with Crippen LogP contribution in [0, 0.1) is 6.92 Å². The summed E-state index contributed by atoms with van der Waals surface area (Å²) in [5, 5.41) is 3.13. The maximum atomic E-state index is 12.5. The number of aryl methyl sites for hydroxylation is 1. The minimum absolute atomic E-state index is 0.189. The lowest BCUT2D eigenvalue weighted by Crippen LogP contribution is -2.49. The summed E-state index contributed by atoms with van der Waals surface area (Å²) in [6.07, 6.45) is 0.447. The molecule has 3 rings (SSSR count). The Balaban J connectivity index is 1.51. The number of ether oxygens (including phenoxy) is 1. The van der Waals surface area contributed by atoms with Crippen molar-refractivity contribution in [1.29, 1.82) is 0 Å². The number of hydrogen-bond acceptors (Lipinski definition) is 5. The zero-order valence-electron chi connectivity index (χ0n) is 14.2. The van der Waals surface area contributed by atoms with Crippen molar-refractivity contribution < 1.29 is 9.53 Å². The van der Waals surface area contributed by atoms with E-state index in [1.54, 1.807) is 11.3 Å². The monoisotopic (exact) mass is 345 g/mol. The molecule has 6 heteroatoms. The van der Waals surface area contributed by atoms with Crippen molar-refractivity contribution in [2.24, 2.45) is 0 Å². The van der Waals surface area contributed by atoms with Crippen molar-refractivity contribution >= 4 is 22.4 Å². The van der Waals surface area contributed by atoms with E-state index >= 15 is 0 Å². The summed E-state index contributed by atoms with van der Waals surface area (Å²) < 4.78 is 5.43. The number of hydrogen-bond donors (Lipinski definition) is 0. The predicted octanol–water partition coefficient (Wildman–Crippen LogP) is 2.74. The number of nitrogens with zero attached hydrogens (tertiary/aromatic N) is 3. The van der Waals surface area contributed by atoms with Gasteiger partial charge in [-0.25, -0.2) is 4.98 Å². The van der Waals surface area contributed by atoms with E-state index in [2.05, 4.69) is 15.3 Å². The molecule has 1 saturated heterocycles. The highest BCUT2D eigenvalue weighted by atomic mass is 32.1. The fourth-order valence-corrected chi connectivity index (χ4v) is 3.65. The van der Waals surface area contributed by atoms with Crippen LogP contribution >= 0.6 is 11.3 Å². The van der Waals surface area contributed by atoms with Gasteiger partial charge in [-0.05, 0) is 31.5 Å². The number of rotatable bonds is 5. The number of amides is 1. The first-order valence-corrected chi connectivity index (χ1v) is 9.20. The Hall–Kier alpha value is -2.08. The van der Waals surface area contributed by atoms with E-state index in [4.69, 9.17) is 4.74 Å². The lowest BCUT2D eigenvalue weighted by molar-refractivity contribution is -0.130. The second kappa shape index (κ2) is 7.66. The molecule has 0 spiro atoms. The largest absolute Gasteiger partial charge is 0.494 e. The van der Waals surface area contributed by atoms with Crippen LogP contribution in [0.2, 0.25) is 0 Å². The predicted molar refractivity (Wildman–Crippen MR) is 97.0 cm³/mol. The van der Waals surface area contributed by atoms with Gasteiger partial charge in [0, 0.05) is 31.6 Å². The average molecular weight is 345 g/mol. The van der Waals surface area contributed by atoms with E-state index in [0.29, 0.717) is 13.0 Å². The van der Waals surface area contributed by atoms with Crippen molar-refractivity contribution in [3.05, 3.63) is 40.9 Å². The second-order valence-corrected chi connectivity index (χ2v) is 6.73. The molecule has 1 amide bonds. The summed E-state index contributed by atoms with van der Waals surface area (Å²) in [5.74, 6) is 1.04. The normalized spacial score (nSPS) is 14.8. The molecule has 0 radical (unpaired) electrons. The molecular formula is C18H23N3O2S. The first kappa shape index (κ1) is 16.8. The van der Waals surface area contributed by atoms with Gasteiger partial charge in [0.15, 0.2) is 5.13 Å². The number of piperazine rings is 1. The molecule has 0 N–H and O–H groups in total. The van der Waals surface area contributed by atoms with E-state index in [9.17, 15) is 4.79 Å². The summed E-state index contributed by atoms with van der Waals surface area (Å²) >= 11 is 1.67. The minimum Gasteiger partial charge on any atom is -0.494 e. The molecular weight excluding hydrogens is 322 g/mol. The Bertz CT molecular complexity index is 676. The maximum Gasteiger partial charge on any atom is 0.227 e. The van der Waals surface area contributed by atoms with Gasteiger partial charge in [-0.15, -0.1) is 11.3 Å². The number of carbonyl (C=O) groups is 1. The lowest BCUT2D eigenvalue weighted by Gasteiger charge is -2.34. The fraction of sp³-hybridized carbons (Fsp3) is 0.444. The topological polar surface area (TPSA) is 45.7 Å². The van der Waals surface area contributed by atoms with Crippen LogP contribution in [0.4, 0.5) is 5.13 Å². The fourth-order valence-electron chi connectivity index (χ4n) is 2.79. The molecule has 1 aliphatic rings. The zero-order valence-corrected chi connectivity index (χ0v) is 15.0. The molecule has 5 nitrogen and oxygen atoms in total. The SMILES string of the molecule is CCOc1ccc(CC(=O)N2CCN(c3nc(C)cs3)CC2)cc1. The summed E-state index contributed by atoms with van der Waals surface area (Å²) in [7, 11) is 0. The van der Waals surface area contributed by atoms with Crippen LogP contribution in [-0.2, 0) is 11.2 Å². The van der Waals surface area contributed by atoms with Crippen LogP contribution in [0.25, 0.3) is 0 Å². The Morgan fingerprint density at radius 2 is 1.92 bits per heavy atom. The van der Waals surface area contributed by atoms with Crippen LogP contribution in [0.5, 0.6) is 5.75 Å². The minimum atomic E-state index is 0.189. The van der Waals surface area contributed by atoms with Crippen molar-refractivity contribution in [3.8, 4) is 5.75 Å².